The zero-order valence-electron chi connectivity index (χ0n) is 9.60. The zero-order chi connectivity index (χ0) is 11.9. The molecular weight excluding hydrogens is 273 g/mol. The number of hydrogen-bond donors (Lipinski definition) is 1. The Bertz CT molecular complexity index is 420. The van der Waals surface area contributed by atoms with E-state index in [1.165, 1.54) is 6.07 Å². The Hall–Kier alpha value is -0.610. The van der Waals surface area contributed by atoms with Crippen LogP contribution < -0.4 is 10.1 Å². The second-order valence-electron chi connectivity index (χ2n) is 4.71. The number of benzene rings is 1. The molecule has 0 aromatic heterocycles. The van der Waals surface area contributed by atoms with Crippen LogP contribution in [0.4, 0.5) is 4.39 Å². The predicted molar refractivity (Wildman–Crippen MR) is 65.2 cm³/mol. The molecule has 1 aliphatic heterocycles. The summed E-state index contributed by atoms with van der Waals surface area (Å²) in [6.07, 6.45) is 0.870. The van der Waals surface area contributed by atoms with Crippen molar-refractivity contribution in [2.45, 2.75) is 31.9 Å². The highest BCUT2D eigenvalue weighted by atomic mass is 79.9. The van der Waals surface area contributed by atoms with Gasteiger partial charge in [-0.3, -0.25) is 0 Å². The topological polar surface area (TPSA) is 21.3 Å². The molecule has 0 spiro atoms. The van der Waals surface area contributed by atoms with Crippen LogP contribution in [-0.4, -0.2) is 12.6 Å². The molecule has 88 valence electrons. The normalized spacial score (nSPS) is 22.4. The largest absolute Gasteiger partial charge is 0.487 e. The van der Waals surface area contributed by atoms with Gasteiger partial charge in [-0.05, 0) is 42.9 Å². The quantitative estimate of drug-likeness (QED) is 0.855. The maximum atomic E-state index is 13.4. The number of halogens is 2. The third-order valence-corrected chi connectivity index (χ3v) is 3.47. The lowest BCUT2D eigenvalue weighted by atomic mass is 9.90. The molecule has 2 rings (SSSR count). The Kier molecular flexibility index (Phi) is 2.97. The van der Waals surface area contributed by atoms with Crippen LogP contribution in [-0.2, 0) is 0 Å². The lowest BCUT2D eigenvalue weighted by Gasteiger charge is -2.37. The first-order valence-corrected chi connectivity index (χ1v) is 6.07. The summed E-state index contributed by atoms with van der Waals surface area (Å²) in [4.78, 5) is 0. The second kappa shape index (κ2) is 4.00. The van der Waals surface area contributed by atoms with Crippen LogP contribution in [0.1, 0.15) is 31.9 Å². The van der Waals surface area contributed by atoms with E-state index in [4.69, 9.17) is 4.74 Å². The first-order valence-electron chi connectivity index (χ1n) is 5.28. The summed E-state index contributed by atoms with van der Waals surface area (Å²) >= 11 is 3.20. The monoisotopic (exact) mass is 287 g/mol. The van der Waals surface area contributed by atoms with E-state index in [1.54, 1.807) is 6.07 Å². The molecule has 1 aromatic rings. The SMILES string of the molecule is CNC1CC(C)(C)Oc2cc(F)c(Br)cc21. The van der Waals surface area contributed by atoms with E-state index in [0.29, 0.717) is 10.2 Å². The highest BCUT2D eigenvalue weighted by molar-refractivity contribution is 9.10. The zero-order valence-corrected chi connectivity index (χ0v) is 11.2. The molecule has 0 aliphatic carbocycles. The van der Waals surface area contributed by atoms with Gasteiger partial charge in [0.25, 0.3) is 0 Å². The third-order valence-electron chi connectivity index (χ3n) is 2.86. The minimum Gasteiger partial charge on any atom is -0.487 e. The number of rotatable bonds is 1. The van der Waals surface area contributed by atoms with Crippen LogP contribution in [0.3, 0.4) is 0 Å². The van der Waals surface area contributed by atoms with Gasteiger partial charge in [0.05, 0.1) is 4.47 Å². The van der Waals surface area contributed by atoms with Gasteiger partial charge in [0, 0.05) is 24.1 Å². The Labute approximate surface area is 103 Å². The summed E-state index contributed by atoms with van der Waals surface area (Å²) in [5.74, 6) is 0.350. The molecule has 0 saturated heterocycles. The van der Waals surface area contributed by atoms with Crippen molar-refractivity contribution in [3.63, 3.8) is 0 Å². The molecule has 0 fully saturated rings. The van der Waals surface area contributed by atoms with Gasteiger partial charge in [0.2, 0.25) is 0 Å². The average Bonchev–Trinajstić information content (AvgIpc) is 2.18. The van der Waals surface area contributed by atoms with Crippen LogP contribution in [0.5, 0.6) is 5.75 Å². The van der Waals surface area contributed by atoms with E-state index >= 15 is 0 Å². The van der Waals surface area contributed by atoms with E-state index in [1.807, 2.05) is 20.9 Å². The van der Waals surface area contributed by atoms with Gasteiger partial charge in [-0.15, -0.1) is 0 Å². The maximum Gasteiger partial charge on any atom is 0.141 e. The van der Waals surface area contributed by atoms with E-state index in [-0.39, 0.29) is 17.5 Å². The molecule has 1 aliphatic rings. The highest BCUT2D eigenvalue weighted by Crippen LogP contribution is 2.41. The fourth-order valence-corrected chi connectivity index (χ4v) is 2.46. The van der Waals surface area contributed by atoms with Crippen molar-refractivity contribution in [3.8, 4) is 5.75 Å². The molecule has 1 aromatic carbocycles. The van der Waals surface area contributed by atoms with E-state index < -0.39 is 0 Å². The fourth-order valence-electron chi connectivity index (χ4n) is 2.10. The number of hydrogen-bond acceptors (Lipinski definition) is 2. The van der Waals surface area contributed by atoms with Crippen molar-refractivity contribution in [1.82, 2.24) is 5.32 Å². The second-order valence-corrected chi connectivity index (χ2v) is 5.57. The lowest BCUT2D eigenvalue weighted by Crippen LogP contribution is -2.38. The van der Waals surface area contributed by atoms with Crippen LogP contribution in [0.25, 0.3) is 0 Å². The molecule has 1 unspecified atom stereocenters. The molecule has 1 atom stereocenters. The summed E-state index contributed by atoms with van der Waals surface area (Å²) in [6, 6.07) is 3.45. The van der Waals surface area contributed by atoms with E-state index in [2.05, 4.69) is 21.2 Å². The van der Waals surface area contributed by atoms with Crippen LogP contribution in [0, 0.1) is 5.82 Å². The van der Waals surface area contributed by atoms with E-state index in [9.17, 15) is 4.39 Å². The number of fused-ring (bicyclic) bond motifs is 1. The van der Waals surface area contributed by atoms with Crippen molar-refractivity contribution in [2.75, 3.05) is 7.05 Å². The highest BCUT2D eigenvalue weighted by Gasteiger charge is 2.33. The number of ether oxygens (including phenoxy) is 1. The Morgan fingerprint density at radius 1 is 1.50 bits per heavy atom. The minimum atomic E-state index is -0.286. The molecule has 2 nitrogen and oxygen atoms in total. The van der Waals surface area contributed by atoms with Crippen molar-refractivity contribution in [1.29, 1.82) is 0 Å². The molecule has 4 heteroatoms. The first kappa shape index (κ1) is 11.9. The van der Waals surface area contributed by atoms with Gasteiger partial charge in [-0.25, -0.2) is 4.39 Å². The molecular formula is C12H15BrFNO. The standard InChI is InChI=1S/C12H15BrFNO/c1-12(2)6-10(15-3)7-4-8(13)9(14)5-11(7)16-12/h4-5,10,15H,6H2,1-3H3. The first-order chi connectivity index (χ1) is 7.43. The molecule has 0 amide bonds. The Morgan fingerprint density at radius 2 is 2.19 bits per heavy atom. The van der Waals surface area contributed by atoms with Crippen LogP contribution >= 0.6 is 15.9 Å². The summed E-state index contributed by atoms with van der Waals surface area (Å²) in [5.41, 5.74) is 0.746. The summed E-state index contributed by atoms with van der Waals surface area (Å²) in [5, 5.41) is 3.24. The van der Waals surface area contributed by atoms with Crippen LogP contribution in [0.15, 0.2) is 16.6 Å². The van der Waals surface area contributed by atoms with Gasteiger partial charge in [0.1, 0.15) is 17.2 Å². The van der Waals surface area contributed by atoms with Crippen LogP contribution in [0.2, 0.25) is 0 Å². The minimum absolute atomic E-state index is 0.204. The van der Waals surface area contributed by atoms with Gasteiger partial charge in [-0.1, -0.05) is 0 Å². The predicted octanol–water partition coefficient (Wildman–Crippen LogP) is 3.41. The van der Waals surface area contributed by atoms with Crippen molar-refractivity contribution < 1.29 is 9.13 Å². The summed E-state index contributed by atoms with van der Waals surface area (Å²) < 4.78 is 19.7. The van der Waals surface area contributed by atoms with Crippen molar-refractivity contribution >= 4 is 15.9 Å². The lowest BCUT2D eigenvalue weighted by molar-refractivity contribution is 0.0670. The van der Waals surface area contributed by atoms with Gasteiger partial charge >= 0.3 is 0 Å². The Balaban J connectivity index is 2.50. The maximum absolute atomic E-state index is 13.4. The van der Waals surface area contributed by atoms with Crippen molar-refractivity contribution in [2.24, 2.45) is 0 Å². The average molecular weight is 288 g/mol. The molecule has 0 bridgehead atoms. The summed E-state index contributed by atoms with van der Waals surface area (Å²) in [7, 11) is 1.91. The van der Waals surface area contributed by atoms with Gasteiger partial charge in [0.15, 0.2) is 0 Å². The third kappa shape index (κ3) is 2.09. The molecule has 1 heterocycles. The van der Waals surface area contributed by atoms with Gasteiger partial charge < -0.3 is 10.1 Å². The smallest absolute Gasteiger partial charge is 0.141 e. The molecule has 16 heavy (non-hydrogen) atoms. The fraction of sp³-hybridized carbons (Fsp3) is 0.500. The molecule has 0 radical (unpaired) electrons. The molecule has 0 saturated carbocycles. The number of nitrogens with one attached hydrogen (secondary N) is 1. The molecule has 1 N–H and O–H groups in total. The van der Waals surface area contributed by atoms with Crippen molar-refractivity contribution in [3.05, 3.63) is 28.0 Å². The summed E-state index contributed by atoms with van der Waals surface area (Å²) in [6.45, 7) is 4.03. The van der Waals surface area contributed by atoms with E-state index in [0.717, 1.165) is 12.0 Å². The van der Waals surface area contributed by atoms with Gasteiger partial charge in [-0.2, -0.15) is 0 Å². The Morgan fingerprint density at radius 3 is 2.81 bits per heavy atom.